The summed E-state index contributed by atoms with van der Waals surface area (Å²) < 4.78 is 0. The van der Waals surface area contributed by atoms with Gasteiger partial charge in [-0.05, 0) is 35.9 Å². The number of rotatable bonds is 9. The van der Waals surface area contributed by atoms with Gasteiger partial charge in [-0.3, -0.25) is 0 Å². The molecule has 0 fully saturated rings. The van der Waals surface area contributed by atoms with Crippen LogP contribution in [0, 0.1) is 11.3 Å². The number of halogens is 1. The molecular weight excluding hydrogens is 338 g/mol. The van der Waals surface area contributed by atoms with Gasteiger partial charge in [0.1, 0.15) is 0 Å². The lowest BCUT2D eigenvalue weighted by atomic mass is 10.1. The highest BCUT2D eigenvalue weighted by Crippen LogP contribution is 2.21. The standard InChI is InChI=1S/C19H22ClN3O2/c20-17-7-6-15(11-21)16(10-17)13-23(18-4-2-1-3-5-18)9-8-22-12-19(25)14-24/h1-7,10,19,22,24-25H,8-9,12-14H2. The number of nitrogens with zero attached hydrogens (tertiary/aromatic N) is 2. The molecule has 0 aliphatic carbocycles. The predicted octanol–water partition coefficient (Wildman–Crippen LogP) is 2.16. The lowest BCUT2D eigenvalue weighted by molar-refractivity contribution is 0.0948. The van der Waals surface area contributed by atoms with Crippen molar-refractivity contribution in [3.8, 4) is 6.07 Å². The fourth-order valence-electron chi connectivity index (χ4n) is 2.49. The lowest BCUT2D eigenvalue weighted by Crippen LogP contribution is -2.36. The molecule has 0 saturated carbocycles. The highest BCUT2D eigenvalue weighted by molar-refractivity contribution is 6.30. The normalized spacial score (nSPS) is 11.8. The van der Waals surface area contributed by atoms with Gasteiger partial charge in [-0.15, -0.1) is 0 Å². The van der Waals surface area contributed by atoms with E-state index in [1.54, 1.807) is 12.1 Å². The summed E-state index contributed by atoms with van der Waals surface area (Å²) in [5, 5.41) is 31.3. The molecular formula is C19H22ClN3O2. The third-order valence-electron chi connectivity index (χ3n) is 3.82. The molecule has 0 aliphatic rings. The number of para-hydroxylation sites is 1. The molecule has 6 heteroatoms. The number of hydrogen-bond donors (Lipinski definition) is 3. The SMILES string of the molecule is N#Cc1ccc(Cl)cc1CN(CCNCC(O)CO)c1ccccc1. The minimum atomic E-state index is -0.761. The Balaban J connectivity index is 2.10. The largest absolute Gasteiger partial charge is 0.394 e. The maximum absolute atomic E-state index is 9.40. The molecule has 1 atom stereocenters. The number of nitrogens with one attached hydrogen (secondary N) is 1. The van der Waals surface area contributed by atoms with Crippen LogP contribution in [0.15, 0.2) is 48.5 Å². The van der Waals surface area contributed by atoms with Gasteiger partial charge in [-0.1, -0.05) is 29.8 Å². The quantitative estimate of drug-likeness (QED) is 0.598. The molecule has 0 radical (unpaired) electrons. The molecule has 2 rings (SSSR count). The monoisotopic (exact) mass is 359 g/mol. The minimum Gasteiger partial charge on any atom is -0.394 e. The van der Waals surface area contributed by atoms with Gasteiger partial charge in [0, 0.05) is 36.9 Å². The summed E-state index contributed by atoms with van der Waals surface area (Å²) in [6.45, 7) is 1.94. The molecule has 1 unspecified atom stereocenters. The molecule has 132 valence electrons. The number of aliphatic hydroxyl groups excluding tert-OH is 2. The average Bonchev–Trinajstić information content (AvgIpc) is 2.64. The van der Waals surface area contributed by atoms with Gasteiger partial charge in [0.2, 0.25) is 0 Å². The number of nitriles is 1. The molecule has 0 saturated heterocycles. The van der Waals surface area contributed by atoms with Crippen molar-refractivity contribution in [1.82, 2.24) is 5.32 Å². The maximum Gasteiger partial charge on any atom is 0.0995 e. The van der Waals surface area contributed by atoms with Crippen LogP contribution in [0.3, 0.4) is 0 Å². The van der Waals surface area contributed by atoms with Crippen molar-refractivity contribution in [3.05, 3.63) is 64.7 Å². The number of benzene rings is 2. The van der Waals surface area contributed by atoms with E-state index in [1.807, 2.05) is 36.4 Å². The average molecular weight is 360 g/mol. The Morgan fingerprint density at radius 3 is 2.64 bits per heavy atom. The molecule has 5 nitrogen and oxygen atoms in total. The van der Waals surface area contributed by atoms with E-state index in [2.05, 4.69) is 16.3 Å². The van der Waals surface area contributed by atoms with Gasteiger partial charge in [0.05, 0.1) is 24.3 Å². The van der Waals surface area contributed by atoms with Gasteiger partial charge in [-0.2, -0.15) is 5.26 Å². The highest BCUT2D eigenvalue weighted by atomic mass is 35.5. The molecule has 0 bridgehead atoms. The van der Waals surface area contributed by atoms with Crippen molar-refractivity contribution in [2.75, 3.05) is 31.1 Å². The summed E-state index contributed by atoms with van der Waals surface area (Å²) in [5.74, 6) is 0. The van der Waals surface area contributed by atoms with Crippen molar-refractivity contribution < 1.29 is 10.2 Å². The molecule has 3 N–H and O–H groups in total. The molecule has 0 aromatic heterocycles. The predicted molar refractivity (Wildman–Crippen MR) is 99.6 cm³/mol. The van der Waals surface area contributed by atoms with Crippen molar-refractivity contribution >= 4 is 17.3 Å². The van der Waals surface area contributed by atoms with E-state index in [0.717, 1.165) is 11.3 Å². The maximum atomic E-state index is 9.40. The minimum absolute atomic E-state index is 0.260. The van der Waals surface area contributed by atoms with E-state index in [-0.39, 0.29) is 6.61 Å². The Hall–Kier alpha value is -2.10. The number of hydrogen-bond acceptors (Lipinski definition) is 5. The molecule has 0 amide bonds. The second-order valence-corrected chi connectivity index (χ2v) is 6.15. The second-order valence-electron chi connectivity index (χ2n) is 5.71. The summed E-state index contributed by atoms with van der Waals surface area (Å²) in [7, 11) is 0. The van der Waals surface area contributed by atoms with E-state index in [4.69, 9.17) is 16.7 Å². The number of anilines is 1. The van der Waals surface area contributed by atoms with Crippen LogP contribution in [-0.4, -0.2) is 42.6 Å². The molecule has 2 aromatic rings. The second kappa shape index (κ2) is 10.0. The Labute approximate surface area is 153 Å². The van der Waals surface area contributed by atoms with Crippen LogP contribution in [0.1, 0.15) is 11.1 Å². The van der Waals surface area contributed by atoms with Gasteiger partial charge in [0.25, 0.3) is 0 Å². The van der Waals surface area contributed by atoms with Crippen LogP contribution < -0.4 is 10.2 Å². The summed E-state index contributed by atoms with van der Waals surface area (Å²) in [5.41, 5.74) is 2.51. The van der Waals surface area contributed by atoms with Crippen LogP contribution in [-0.2, 0) is 6.54 Å². The Morgan fingerprint density at radius 1 is 1.20 bits per heavy atom. The van der Waals surface area contributed by atoms with E-state index in [0.29, 0.717) is 36.8 Å². The zero-order valence-corrected chi connectivity index (χ0v) is 14.7. The summed E-state index contributed by atoms with van der Waals surface area (Å²) in [4.78, 5) is 2.14. The fraction of sp³-hybridized carbons (Fsp3) is 0.316. The van der Waals surface area contributed by atoms with Crippen LogP contribution >= 0.6 is 11.6 Å². The van der Waals surface area contributed by atoms with Crippen molar-refractivity contribution in [2.24, 2.45) is 0 Å². The topological polar surface area (TPSA) is 79.5 Å². The zero-order valence-electron chi connectivity index (χ0n) is 13.9. The van der Waals surface area contributed by atoms with Gasteiger partial charge in [0.15, 0.2) is 0 Å². The van der Waals surface area contributed by atoms with Crippen molar-refractivity contribution in [3.63, 3.8) is 0 Å². The Kier molecular flexibility index (Phi) is 7.71. The first-order chi connectivity index (χ1) is 12.1. The first-order valence-corrected chi connectivity index (χ1v) is 8.50. The fourth-order valence-corrected chi connectivity index (χ4v) is 2.69. The van der Waals surface area contributed by atoms with E-state index >= 15 is 0 Å². The van der Waals surface area contributed by atoms with E-state index < -0.39 is 6.10 Å². The Bertz CT molecular complexity index is 704. The van der Waals surface area contributed by atoms with E-state index in [1.165, 1.54) is 0 Å². The highest BCUT2D eigenvalue weighted by Gasteiger charge is 2.11. The Morgan fingerprint density at radius 2 is 1.96 bits per heavy atom. The van der Waals surface area contributed by atoms with Crippen LogP contribution in [0.4, 0.5) is 5.69 Å². The van der Waals surface area contributed by atoms with Crippen molar-refractivity contribution in [1.29, 1.82) is 5.26 Å². The number of aliphatic hydroxyl groups is 2. The first-order valence-electron chi connectivity index (χ1n) is 8.12. The summed E-state index contributed by atoms with van der Waals surface area (Å²) >= 11 is 6.09. The molecule has 2 aromatic carbocycles. The van der Waals surface area contributed by atoms with Gasteiger partial charge < -0.3 is 20.4 Å². The smallest absolute Gasteiger partial charge is 0.0995 e. The first kappa shape index (κ1) is 19.2. The zero-order chi connectivity index (χ0) is 18.1. The molecule has 0 heterocycles. The third kappa shape index (κ3) is 6.04. The van der Waals surface area contributed by atoms with Crippen LogP contribution in [0.5, 0.6) is 0 Å². The summed E-state index contributed by atoms with van der Waals surface area (Å²) in [6.07, 6.45) is -0.761. The van der Waals surface area contributed by atoms with Crippen LogP contribution in [0.25, 0.3) is 0 Å². The third-order valence-corrected chi connectivity index (χ3v) is 4.05. The molecule has 25 heavy (non-hydrogen) atoms. The van der Waals surface area contributed by atoms with E-state index in [9.17, 15) is 10.4 Å². The van der Waals surface area contributed by atoms with Crippen LogP contribution in [0.2, 0.25) is 5.02 Å². The van der Waals surface area contributed by atoms with Gasteiger partial charge in [-0.25, -0.2) is 0 Å². The summed E-state index contributed by atoms with van der Waals surface area (Å²) in [6, 6.07) is 17.4. The lowest BCUT2D eigenvalue weighted by Gasteiger charge is -2.26. The molecule has 0 spiro atoms. The van der Waals surface area contributed by atoms with Gasteiger partial charge >= 0.3 is 0 Å². The van der Waals surface area contributed by atoms with Crippen molar-refractivity contribution in [2.45, 2.75) is 12.6 Å². The molecule has 0 aliphatic heterocycles.